The average molecular weight is 330 g/mol. The Morgan fingerprint density at radius 2 is 1.82 bits per heavy atom. The van der Waals surface area contributed by atoms with Gasteiger partial charge in [-0.15, -0.1) is 0 Å². The maximum atomic E-state index is 13.1. The molecule has 3 aliphatic rings. The van der Waals surface area contributed by atoms with Crippen molar-refractivity contribution in [1.29, 1.82) is 0 Å². The molecule has 1 saturated carbocycles. The molecule has 1 aliphatic carbocycles. The van der Waals surface area contributed by atoms with Crippen LogP contribution in [0, 0.1) is 5.92 Å². The first-order chi connectivity index (χ1) is 10.5. The standard InChI is InChI=1S/C15H26N2O4S/c1-21-15(18)13-4-2-3-5-14(13)22(19,20)17-9-8-11-6-7-12(10-17)16-11/h11-14,16H,2-10H2,1H3. The van der Waals surface area contributed by atoms with E-state index in [1.807, 2.05) is 0 Å². The third-order valence-corrected chi connectivity index (χ3v) is 7.82. The van der Waals surface area contributed by atoms with Gasteiger partial charge in [0.1, 0.15) is 0 Å². The first-order valence-corrected chi connectivity index (χ1v) is 9.85. The zero-order valence-corrected chi connectivity index (χ0v) is 14.0. The van der Waals surface area contributed by atoms with E-state index in [1.165, 1.54) is 7.11 Å². The average Bonchev–Trinajstić information content (AvgIpc) is 2.85. The third kappa shape index (κ3) is 3.03. The molecule has 6 nitrogen and oxygen atoms in total. The normalized spacial score (nSPS) is 36.8. The summed E-state index contributed by atoms with van der Waals surface area (Å²) < 4.78 is 32.7. The van der Waals surface area contributed by atoms with Crippen LogP contribution in [0.1, 0.15) is 44.9 Å². The first kappa shape index (κ1) is 16.2. The van der Waals surface area contributed by atoms with Crippen molar-refractivity contribution in [2.75, 3.05) is 20.2 Å². The molecule has 2 aliphatic heterocycles. The number of hydrogen-bond donors (Lipinski definition) is 1. The van der Waals surface area contributed by atoms with Crippen LogP contribution in [-0.2, 0) is 19.6 Å². The third-order valence-electron chi connectivity index (χ3n) is 5.43. The highest BCUT2D eigenvalue weighted by molar-refractivity contribution is 7.89. The molecular formula is C15H26N2O4S. The molecule has 7 heteroatoms. The van der Waals surface area contributed by atoms with Crippen LogP contribution >= 0.6 is 0 Å². The number of nitrogens with zero attached hydrogens (tertiary/aromatic N) is 1. The minimum Gasteiger partial charge on any atom is -0.469 e. The predicted molar refractivity (Wildman–Crippen MR) is 82.8 cm³/mol. The molecule has 0 radical (unpaired) electrons. The van der Waals surface area contributed by atoms with Crippen LogP contribution in [0.4, 0.5) is 0 Å². The van der Waals surface area contributed by atoms with Gasteiger partial charge in [-0.25, -0.2) is 12.7 Å². The number of hydrogen-bond acceptors (Lipinski definition) is 5. The monoisotopic (exact) mass is 330 g/mol. The van der Waals surface area contributed by atoms with Crippen LogP contribution in [0.15, 0.2) is 0 Å². The molecule has 4 unspecified atom stereocenters. The van der Waals surface area contributed by atoms with Crippen molar-refractivity contribution in [2.45, 2.75) is 62.3 Å². The van der Waals surface area contributed by atoms with E-state index in [4.69, 9.17) is 4.74 Å². The summed E-state index contributed by atoms with van der Waals surface area (Å²) in [5, 5.41) is 2.90. The van der Waals surface area contributed by atoms with E-state index in [0.717, 1.165) is 32.1 Å². The van der Waals surface area contributed by atoms with Crippen LogP contribution in [0.3, 0.4) is 0 Å². The summed E-state index contributed by atoms with van der Waals surface area (Å²) in [5.74, 6) is -0.875. The molecule has 0 aromatic heterocycles. The van der Waals surface area contributed by atoms with Crippen molar-refractivity contribution in [3.05, 3.63) is 0 Å². The second-order valence-electron chi connectivity index (χ2n) is 6.78. The van der Waals surface area contributed by atoms with Gasteiger partial charge >= 0.3 is 5.97 Å². The van der Waals surface area contributed by atoms with Gasteiger partial charge in [-0.3, -0.25) is 4.79 Å². The van der Waals surface area contributed by atoms with Crippen LogP contribution in [-0.4, -0.2) is 56.2 Å². The number of fused-ring (bicyclic) bond motifs is 2. The second-order valence-corrected chi connectivity index (χ2v) is 8.93. The number of ether oxygens (including phenoxy) is 1. The number of nitrogens with one attached hydrogen (secondary N) is 1. The Bertz CT molecular complexity index is 522. The molecule has 4 atom stereocenters. The smallest absolute Gasteiger partial charge is 0.310 e. The number of carbonyl (C=O) groups is 1. The highest BCUT2D eigenvalue weighted by Crippen LogP contribution is 2.33. The maximum Gasteiger partial charge on any atom is 0.310 e. The summed E-state index contributed by atoms with van der Waals surface area (Å²) in [6.45, 7) is 1.12. The Kier molecular flexibility index (Phi) is 4.75. The van der Waals surface area contributed by atoms with Gasteiger partial charge in [0.25, 0.3) is 0 Å². The van der Waals surface area contributed by atoms with Crippen molar-refractivity contribution >= 4 is 16.0 Å². The van der Waals surface area contributed by atoms with E-state index in [-0.39, 0.29) is 12.0 Å². The molecule has 0 spiro atoms. The SMILES string of the molecule is COC(=O)C1CCCCC1S(=O)(=O)N1CCC2CCC(C1)N2. The number of methoxy groups -OCH3 is 1. The molecule has 2 bridgehead atoms. The van der Waals surface area contributed by atoms with Gasteiger partial charge in [0.15, 0.2) is 0 Å². The number of rotatable bonds is 3. The Balaban J connectivity index is 1.79. The quantitative estimate of drug-likeness (QED) is 0.777. The number of carbonyl (C=O) groups excluding carboxylic acids is 1. The summed E-state index contributed by atoms with van der Waals surface area (Å²) in [6.07, 6.45) is 6.02. The molecule has 3 rings (SSSR count). The summed E-state index contributed by atoms with van der Waals surface area (Å²) >= 11 is 0. The number of sulfonamides is 1. The summed E-state index contributed by atoms with van der Waals surface area (Å²) in [5.41, 5.74) is 0. The van der Waals surface area contributed by atoms with Gasteiger partial charge in [0.2, 0.25) is 10.0 Å². The predicted octanol–water partition coefficient (Wildman–Crippen LogP) is 0.874. The lowest BCUT2D eigenvalue weighted by Gasteiger charge is -2.34. The number of esters is 1. The van der Waals surface area contributed by atoms with Crippen LogP contribution < -0.4 is 5.32 Å². The van der Waals surface area contributed by atoms with Crippen LogP contribution in [0.5, 0.6) is 0 Å². The molecule has 0 amide bonds. The molecule has 22 heavy (non-hydrogen) atoms. The zero-order valence-electron chi connectivity index (χ0n) is 13.2. The van der Waals surface area contributed by atoms with Crippen LogP contribution in [0.2, 0.25) is 0 Å². The Morgan fingerprint density at radius 1 is 1.09 bits per heavy atom. The Morgan fingerprint density at radius 3 is 2.59 bits per heavy atom. The van der Waals surface area contributed by atoms with E-state index in [0.29, 0.717) is 32.0 Å². The molecular weight excluding hydrogens is 304 g/mol. The zero-order chi connectivity index (χ0) is 15.7. The Hall–Kier alpha value is -0.660. The van der Waals surface area contributed by atoms with Crippen molar-refractivity contribution in [3.8, 4) is 0 Å². The van der Waals surface area contributed by atoms with Gasteiger partial charge < -0.3 is 10.1 Å². The molecule has 0 aromatic rings. The van der Waals surface area contributed by atoms with Crippen LogP contribution in [0.25, 0.3) is 0 Å². The fourth-order valence-electron chi connectivity index (χ4n) is 4.21. The lowest BCUT2D eigenvalue weighted by molar-refractivity contribution is -0.146. The van der Waals surface area contributed by atoms with Crippen molar-refractivity contribution < 1.29 is 17.9 Å². The molecule has 0 aromatic carbocycles. The van der Waals surface area contributed by atoms with Gasteiger partial charge in [0, 0.05) is 25.2 Å². The van der Waals surface area contributed by atoms with E-state index in [1.54, 1.807) is 4.31 Å². The summed E-state index contributed by atoms with van der Waals surface area (Å²) in [7, 11) is -2.10. The molecule has 3 fully saturated rings. The van der Waals surface area contributed by atoms with Crippen molar-refractivity contribution in [3.63, 3.8) is 0 Å². The molecule has 1 N–H and O–H groups in total. The lowest BCUT2D eigenvalue weighted by Crippen LogP contribution is -2.48. The minimum absolute atomic E-state index is 0.266. The van der Waals surface area contributed by atoms with E-state index in [2.05, 4.69) is 5.32 Å². The largest absolute Gasteiger partial charge is 0.469 e. The fourth-order valence-corrected chi connectivity index (χ4v) is 6.47. The summed E-state index contributed by atoms with van der Waals surface area (Å²) in [6, 6.07) is 0.718. The maximum absolute atomic E-state index is 13.1. The van der Waals surface area contributed by atoms with Gasteiger partial charge in [-0.2, -0.15) is 0 Å². The van der Waals surface area contributed by atoms with Gasteiger partial charge in [0.05, 0.1) is 18.3 Å². The molecule has 2 heterocycles. The highest BCUT2D eigenvalue weighted by Gasteiger charge is 2.44. The van der Waals surface area contributed by atoms with E-state index in [9.17, 15) is 13.2 Å². The topological polar surface area (TPSA) is 75.7 Å². The lowest BCUT2D eigenvalue weighted by atomic mass is 9.89. The summed E-state index contributed by atoms with van der Waals surface area (Å²) in [4.78, 5) is 12.0. The van der Waals surface area contributed by atoms with Gasteiger partial charge in [-0.1, -0.05) is 12.8 Å². The fraction of sp³-hybridized carbons (Fsp3) is 0.933. The molecule has 126 valence electrons. The second kappa shape index (κ2) is 6.45. The van der Waals surface area contributed by atoms with E-state index >= 15 is 0 Å². The minimum atomic E-state index is -3.44. The van der Waals surface area contributed by atoms with Crippen molar-refractivity contribution in [1.82, 2.24) is 9.62 Å². The highest BCUT2D eigenvalue weighted by atomic mass is 32.2. The molecule has 2 saturated heterocycles. The Labute approximate surface area is 132 Å². The van der Waals surface area contributed by atoms with E-state index < -0.39 is 21.2 Å². The van der Waals surface area contributed by atoms with Gasteiger partial charge in [-0.05, 0) is 32.1 Å². The first-order valence-electron chi connectivity index (χ1n) is 8.35. The van der Waals surface area contributed by atoms with Crippen molar-refractivity contribution in [2.24, 2.45) is 5.92 Å².